The van der Waals surface area contributed by atoms with Crippen molar-refractivity contribution in [3.63, 3.8) is 0 Å². The van der Waals surface area contributed by atoms with E-state index >= 15 is 0 Å². The molecule has 1 amide bonds. The van der Waals surface area contributed by atoms with Crippen molar-refractivity contribution >= 4 is 51.9 Å². The highest BCUT2D eigenvalue weighted by Gasteiger charge is 2.35. The van der Waals surface area contributed by atoms with Crippen LogP contribution in [0.5, 0.6) is 0 Å². The number of aromatic nitrogens is 1. The molecule has 1 fully saturated rings. The molecule has 4 rings (SSSR count). The fourth-order valence-electron chi connectivity index (χ4n) is 2.96. The zero-order chi connectivity index (χ0) is 18.4. The Morgan fingerprint density at radius 3 is 2.69 bits per heavy atom. The standard InChI is InChI=1S/C18H12Cl2N2O4/c19-12-3-1-9(5-13(12)20)17-21-14-4-2-11(7-15(14)26-17)22-8-10(18(24)25)6-16(22)23/h1-5,7,10H,6,8H2,(H,24,25)/t10-/m1/s1. The number of nitrogens with zero attached hydrogens (tertiary/aromatic N) is 2. The molecule has 0 bridgehead atoms. The van der Waals surface area contributed by atoms with Gasteiger partial charge in [0.05, 0.1) is 16.0 Å². The van der Waals surface area contributed by atoms with E-state index in [1.165, 1.54) is 4.90 Å². The third-order valence-electron chi connectivity index (χ3n) is 4.32. The summed E-state index contributed by atoms with van der Waals surface area (Å²) in [7, 11) is 0. The first-order valence-corrected chi connectivity index (χ1v) is 8.57. The van der Waals surface area contributed by atoms with Crippen molar-refractivity contribution in [3.05, 3.63) is 46.4 Å². The predicted octanol–water partition coefficient (Wildman–Crippen LogP) is 4.24. The molecule has 1 aliphatic heterocycles. The van der Waals surface area contributed by atoms with Crippen molar-refractivity contribution in [1.29, 1.82) is 0 Å². The maximum Gasteiger partial charge on any atom is 0.308 e. The highest BCUT2D eigenvalue weighted by Crippen LogP contribution is 2.32. The molecule has 1 atom stereocenters. The van der Waals surface area contributed by atoms with E-state index in [2.05, 4.69) is 4.98 Å². The van der Waals surface area contributed by atoms with Crippen LogP contribution in [0.25, 0.3) is 22.6 Å². The first-order chi connectivity index (χ1) is 12.4. The summed E-state index contributed by atoms with van der Waals surface area (Å²) in [6.45, 7) is 0.146. The molecule has 1 N–H and O–H groups in total. The monoisotopic (exact) mass is 390 g/mol. The van der Waals surface area contributed by atoms with E-state index in [0.29, 0.717) is 38.3 Å². The molecule has 2 aromatic carbocycles. The lowest BCUT2D eigenvalue weighted by Crippen LogP contribution is -2.25. The molecular weight excluding hydrogens is 379 g/mol. The van der Waals surface area contributed by atoms with Gasteiger partial charge >= 0.3 is 5.97 Å². The first-order valence-electron chi connectivity index (χ1n) is 7.81. The Morgan fingerprint density at radius 2 is 2.00 bits per heavy atom. The van der Waals surface area contributed by atoms with Gasteiger partial charge in [0.15, 0.2) is 5.58 Å². The van der Waals surface area contributed by atoms with E-state index in [9.17, 15) is 9.59 Å². The molecule has 26 heavy (non-hydrogen) atoms. The predicted molar refractivity (Wildman–Crippen MR) is 97.6 cm³/mol. The lowest BCUT2D eigenvalue weighted by molar-refractivity contribution is -0.141. The maximum absolute atomic E-state index is 12.1. The average Bonchev–Trinajstić information content (AvgIpc) is 3.20. The van der Waals surface area contributed by atoms with Crippen molar-refractivity contribution in [1.82, 2.24) is 4.98 Å². The number of halogens is 2. The number of carbonyl (C=O) groups excluding carboxylic acids is 1. The van der Waals surface area contributed by atoms with Gasteiger partial charge in [-0.05, 0) is 30.3 Å². The number of hydrogen-bond acceptors (Lipinski definition) is 4. The van der Waals surface area contributed by atoms with Crippen LogP contribution in [-0.2, 0) is 9.59 Å². The Labute approximate surface area is 157 Å². The van der Waals surface area contributed by atoms with E-state index in [1.807, 2.05) is 0 Å². The first kappa shape index (κ1) is 16.9. The Bertz CT molecular complexity index is 1050. The van der Waals surface area contributed by atoms with Gasteiger partial charge in [-0.2, -0.15) is 0 Å². The van der Waals surface area contributed by atoms with Gasteiger partial charge in [0.1, 0.15) is 5.52 Å². The van der Waals surface area contributed by atoms with Crippen LogP contribution in [-0.4, -0.2) is 28.5 Å². The van der Waals surface area contributed by atoms with Crippen LogP contribution >= 0.6 is 23.2 Å². The molecule has 0 radical (unpaired) electrons. The smallest absolute Gasteiger partial charge is 0.308 e. The number of benzene rings is 2. The topological polar surface area (TPSA) is 83.6 Å². The largest absolute Gasteiger partial charge is 0.481 e. The molecule has 1 aliphatic rings. The van der Waals surface area contributed by atoms with Gasteiger partial charge < -0.3 is 14.4 Å². The van der Waals surface area contributed by atoms with Gasteiger partial charge in [-0.25, -0.2) is 4.98 Å². The molecule has 0 unspecified atom stereocenters. The summed E-state index contributed by atoms with van der Waals surface area (Å²) in [4.78, 5) is 29.1. The van der Waals surface area contributed by atoms with Gasteiger partial charge in [0.25, 0.3) is 0 Å². The molecule has 1 saturated heterocycles. The molecule has 132 valence electrons. The minimum atomic E-state index is -0.969. The normalized spacial score (nSPS) is 17.2. The molecule has 8 heteroatoms. The summed E-state index contributed by atoms with van der Waals surface area (Å²) in [6, 6.07) is 10.2. The number of carboxylic acids is 1. The van der Waals surface area contributed by atoms with Crippen LogP contribution in [0.2, 0.25) is 10.0 Å². The van der Waals surface area contributed by atoms with Crippen LogP contribution in [0.3, 0.4) is 0 Å². The summed E-state index contributed by atoms with van der Waals surface area (Å²) in [5, 5.41) is 9.95. The number of rotatable bonds is 3. The van der Waals surface area contributed by atoms with Crippen molar-refractivity contribution in [2.24, 2.45) is 5.92 Å². The Hall–Kier alpha value is -2.57. The molecule has 1 aromatic heterocycles. The maximum atomic E-state index is 12.1. The zero-order valence-electron chi connectivity index (χ0n) is 13.3. The van der Waals surface area contributed by atoms with E-state index in [0.717, 1.165) is 0 Å². The highest BCUT2D eigenvalue weighted by molar-refractivity contribution is 6.42. The molecule has 3 aromatic rings. The third-order valence-corrected chi connectivity index (χ3v) is 5.06. The van der Waals surface area contributed by atoms with Crippen molar-refractivity contribution in [2.75, 3.05) is 11.4 Å². The fourth-order valence-corrected chi connectivity index (χ4v) is 3.25. The number of fused-ring (bicyclic) bond motifs is 1. The number of carbonyl (C=O) groups is 2. The van der Waals surface area contributed by atoms with Crippen LogP contribution in [0.1, 0.15) is 6.42 Å². The molecule has 0 spiro atoms. The van der Waals surface area contributed by atoms with Gasteiger partial charge in [-0.3, -0.25) is 9.59 Å². The van der Waals surface area contributed by atoms with E-state index in [-0.39, 0.29) is 18.9 Å². The number of aliphatic carboxylic acids is 1. The van der Waals surface area contributed by atoms with E-state index in [4.69, 9.17) is 32.7 Å². The van der Waals surface area contributed by atoms with Gasteiger partial charge in [-0.1, -0.05) is 23.2 Å². The minimum absolute atomic E-state index is 0.00169. The Morgan fingerprint density at radius 1 is 1.19 bits per heavy atom. The number of anilines is 1. The van der Waals surface area contributed by atoms with Gasteiger partial charge in [-0.15, -0.1) is 0 Å². The third kappa shape index (κ3) is 2.91. The Balaban J connectivity index is 1.69. The van der Waals surface area contributed by atoms with Gasteiger partial charge in [0, 0.05) is 30.3 Å². The second kappa shape index (κ2) is 6.30. The molecule has 6 nitrogen and oxygen atoms in total. The van der Waals surface area contributed by atoms with Crippen LogP contribution in [0.15, 0.2) is 40.8 Å². The quantitative estimate of drug-likeness (QED) is 0.722. The minimum Gasteiger partial charge on any atom is -0.481 e. The number of carboxylic acid groups (broad SMARTS) is 1. The second-order valence-corrected chi connectivity index (χ2v) is 6.86. The summed E-state index contributed by atoms with van der Waals surface area (Å²) in [5.74, 6) is -1.50. The van der Waals surface area contributed by atoms with Crippen molar-refractivity contribution in [2.45, 2.75) is 6.42 Å². The van der Waals surface area contributed by atoms with Crippen LogP contribution < -0.4 is 4.90 Å². The lowest BCUT2D eigenvalue weighted by Gasteiger charge is -2.15. The second-order valence-electron chi connectivity index (χ2n) is 6.04. The van der Waals surface area contributed by atoms with Crippen LogP contribution in [0.4, 0.5) is 5.69 Å². The van der Waals surface area contributed by atoms with E-state index < -0.39 is 11.9 Å². The van der Waals surface area contributed by atoms with Crippen LogP contribution in [0, 0.1) is 5.92 Å². The zero-order valence-corrected chi connectivity index (χ0v) is 14.8. The molecule has 2 heterocycles. The summed E-state index contributed by atoms with van der Waals surface area (Å²) in [6.07, 6.45) is -0.00169. The van der Waals surface area contributed by atoms with Crippen molar-refractivity contribution in [3.8, 4) is 11.5 Å². The molecular formula is C18H12Cl2N2O4. The summed E-state index contributed by atoms with van der Waals surface area (Å²) in [5.41, 5.74) is 2.38. The fraction of sp³-hybridized carbons (Fsp3) is 0.167. The number of oxazole rings is 1. The number of hydrogen-bond donors (Lipinski definition) is 1. The Kier molecular flexibility index (Phi) is 4.09. The molecule has 0 aliphatic carbocycles. The lowest BCUT2D eigenvalue weighted by atomic mass is 10.1. The summed E-state index contributed by atoms with van der Waals surface area (Å²) >= 11 is 12.0. The number of amides is 1. The SMILES string of the molecule is O=C(O)[C@@H]1CC(=O)N(c2ccc3nc(-c4ccc(Cl)c(Cl)c4)oc3c2)C1. The highest BCUT2D eigenvalue weighted by atomic mass is 35.5. The summed E-state index contributed by atoms with van der Waals surface area (Å²) < 4.78 is 5.79. The molecule has 0 saturated carbocycles. The average molecular weight is 391 g/mol. The van der Waals surface area contributed by atoms with E-state index in [1.54, 1.807) is 36.4 Å². The van der Waals surface area contributed by atoms with Crippen molar-refractivity contribution < 1.29 is 19.1 Å². The van der Waals surface area contributed by atoms with Gasteiger partial charge in [0.2, 0.25) is 11.8 Å².